The van der Waals surface area contributed by atoms with Crippen molar-refractivity contribution >= 4 is 46.3 Å². The third kappa shape index (κ3) is 3.38. The van der Waals surface area contributed by atoms with Gasteiger partial charge in [0.1, 0.15) is 5.76 Å². The van der Waals surface area contributed by atoms with Crippen LogP contribution >= 0.6 is 23.2 Å². The number of halogens is 2. The van der Waals surface area contributed by atoms with Gasteiger partial charge < -0.3 is 5.11 Å². The van der Waals surface area contributed by atoms with E-state index in [9.17, 15) is 14.7 Å². The van der Waals surface area contributed by atoms with Crippen LogP contribution in [0, 0.1) is 6.92 Å². The number of aliphatic hydroxyl groups is 1. The van der Waals surface area contributed by atoms with E-state index in [1.807, 2.05) is 37.3 Å². The smallest absolute Gasteiger partial charge is 0.300 e. The Labute approximate surface area is 184 Å². The van der Waals surface area contributed by atoms with Gasteiger partial charge in [0.15, 0.2) is 0 Å². The number of hydrogen-bond donors (Lipinski definition) is 1. The molecule has 4 nitrogen and oxygen atoms in total. The number of amides is 1. The topological polar surface area (TPSA) is 57.6 Å². The molecule has 0 saturated carbocycles. The second-order valence-corrected chi connectivity index (χ2v) is 7.80. The fourth-order valence-electron chi connectivity index (χ4n) is 3.67. The lowest BCUT2D eigenvalue weighted by molar-refractivity contribution is -0.132. The van der Waals surface area contributed by atoms with Crippen molar-refractivity contribution in [1.82, 2.24) is 0 Å². The molecule has 0 aromatic heterocycles. The fraction of sp³-hybridized carbons (Fsp3) is 0.0833. The lowest BCUT2D eigenvalue weighted by Crippen LogP contribution is -2.29. The molecule has 1 aliphatic heterocycles. The van der Waals surface area contributed by atoms with E-state index in [2.05, 4.69) is 0 Å². The number of ketones is 1. The van der Waals surface area contributed by atoms with Crippen molar-refractivity contribution in [2.24, 2.45) is 0 Å². The van der Waals surface area contributed by atoms with Gasteiger partial charge in [-0.25, -0.2) is 0 Å². The Kier molecular flexibility index (Phi) is 5.37. The summed E-state index contributed by atoms with van der Waals surface area (Å²) in [6, 6.07) is 20.1. The third-order valence-corrected chi connectivity index (χ3v) is 5.90. The molecule has 1 fully saturated rings. The molecule has 0 aliphatic carbocycles. The molecule has 1 saturated heterocycles. The Morgan fingerprint density at radius 1 is 0.900 bits per heavy atom. The minimum Gasteiger partial charge on any atom is -0.507 e. The summed E-state index contributed by atoms with van der Waals surface area (Å²) in [6.07, 6.45) is 0. The maximum Gasteiger partial charge on any atom is 0.300 e. The van der Waals surface area contributed by atoms with Gasteiger partial charge in [-0.2, -0.15) is 0 Å². The molecule has 150 valence electrons. The number of aliphatic hydroxyl groups excluding tert-OH is 1. The molecule has 1 amide bonds. The Hall–Kier alpha value is -3.08. The summed E-state index contributed by atoms with van der Waals surface area (Å²) >= 11 is 12.2. The maximum absolute atomic E-state index is 13.1. The Morgan fingerprint density at radius 2 is 1.57 bits per heavy atom. The number of aryl methyl sites for hydroxylation is 1. The highest BCUT2D eigenvalue weighted by atomic mass is 35.5. The number of hydrogen-bond acceptors (Lipinski definition) is 3. The molecule has 1 atom stereocenters. The standard InChI is InChI=1S/C24H17Cl2NO3/c1-14-7-5-6-10-17(14)21-20(22(28)15-8-3-2-4-9-15)23(29)24(30)27(21)16-11-12-18(25)19(26)13-16/h2-13,21,28H,1H3/b22-20+. The molecule has 1 N–H and O–H groups in total. The highest BCUT2D eigenvalue weighted by Crippen LogP contribution is 2.44. The van der Waals surface area contributed by atoms with Crippen molar-refractivity contribution in [2.75, 3.05) is 4.90 Å². The van der Waals surface area contributed by atoms with Crippen LogP contribution in [-0.4, -0.2) is 16.8 Å². The number of benzene rings is 3. The minimum absolute atomic E-state index is 0.0339. The number of rotatable bonds is 3. The largest absolute Gasteiger partial charge is 0.507 e. The van der Waals surface area contributed by atoms with Crippen LogP contribution in [0.5, 0.6) is 0 Å². The molecule has 0 spiro atoms. The molecular weight excluding hydrogens is 421 g/mol. The predicted octanol–water partition coefficient (Wildman–Crippen LogP) is 5.93. The van der Waals surface area contributed by atoms with Gasteiger partial charge >= 0.3 is 0 Å². The average molecular weight is 438 g/mol. The van der Waals surface area contributed by atoms with E-state index in [1.165, 1.54) is 4.90 Å². The highest BCUT2D eigenvalue weighted by molar-refractivity contribution is 6.52. The summed E-state index contributed by atoms with van der Waals surface area (Å²) in [5.41, 5.74) is 2.54. The fourth-order valence-corrected chi connectivity index (χ4v) is 3.97. The van der Waals surface area contributed by atoms with Crippen LogP contribution in [0.3, 0.4) is 0 Å². The molecule has 3 aromatic carbocycles. The van der Waals surface area contributed by atoms with Crippen LogP contribution in [0.25, 0.3) is 5.76 Å². The number of nitrogens with zero attached hydrogens (tertiary/aromatic N) is 1. The first-order valence-electron chi connectivity index (χ1n) is 9.27. The molecule has 1 unspecified atom stereocenters. The zero-order chi connectivity index (χ0) is 21.4. The lowest BCUT2D eigenvalue weighted by atomic mass is 9.92. The summed E-state index contributed by atoms with van der Waals surface area (Å²) in [4.78, 5) is 27.5. The van der Waals surface area contributed by atoms with Gasteiger partial charge in [-0.05, 0) is 36.2 Å². The van der Waals surface area contributed by atoms with Gasteiger partial charge in [-0.1, -0.05) is 77.8 Å². The van der Waals surface area contributed by atoms with E-state index in [1.54, 1.807) is 42.5 Å². The summed E-state index contributed by atoms with van der Waals surface area (Å²) in [6.45, 7) is 1.90. The van der Waals surface area contributed by atoms with Crippen molar-refractivity contribution < 1.29 is 14.7 Å². The molecule has 3 aromatic rings. The molecule has 1 heterocycles. The number of anilines is 1. The molecule has 30 heavy (non-hydrogen) atoms. The number of carbonyl (C=O) groups is 2. The third-order valence-electron chi connectivity index (χ3n) is 5.16. The van der Waals surface area contributed by atoms with E-state index in [4.69, 9.17) is 23.2 Å². The second-order valence-electron chi connectivity index (χ2n) is 6.99. The van der Waals surface area contributed by atoms with Crippen LogP contribution in [0.15, 0.2) is 78.4 Å². The molecule has 6 heteroatoms. The summed E-state index contributed by atoms with van der Waals surface area (Å²) < 4.78 is 0. The van der Waals surface area contributed by atoms with Gasteiger partial charge in [0.05, 0.1) is 21.7 Å². The molecular formula is C24H17Cl2NO3. The number of carbonyl (C=O) groups excluding carboxylic acids is 2. The van der Waals surface area contributed by atoms with Crippen molar-refractivity contribution in [3.63, 3.8) is 0 Å². The Bertz CT molecular complexity index is 1190. The van der Waals surface area contributed by atoms with Crippen LogP contribution in [0.1, 0.15) is 22.7 Å². The Morgan fingerprint density at radius 3 is 2.23 bits per heavy atom. The zero-order valence-corrected chi connectivity index (χ0v) is 17.5. The van der Waals surface area contributed by atoms with Crippen molar-refractivity contribution in [1.29, 1.82) is 0 Å². The van der Waals surface area contributed by atoms with Gasteiger partial charge in [0, 0.05) is 11.3 Å². The van der Waals surface area contributed by atoms with Gasteiger partial charge in [0.2, 0.25) is 0 Å². The van der Waals surface area contributed by atoms with E-state index in [0.717, 1.165) is 11.1 Å². The quantitative estimate of drug-likeness (QED) is 0.313. The first kappa shape index (κ1) is 20.2. The first-order valence-corrected chi connectivity index (χ1v) is 10.0. The van der Waals surface area contributed by atoms with Crippen molar-refractivity contribution in [3.8, 4) is 0 Å². The summed E-state index contributed by atoms with van der Waals surface area (Å²) in [7, 11) is 0. The van der Waals surface area contributed by atoms with Crippen LogP contribution in [0.4, 0.5) is 5.69 Å². The van der Waals surface area contributed by atoms with Crippen molar-refractivity contribution in [3.05, 3.63) is 105 Å². The van der Waals surface area contributed by atoms with E-state index < -0.39 is 17.7 Å². The SMILES string of the molecule is Cc1ccccc1C1/C(=C(\O)c2ccccc2)C(=O)C(=O)N1c1ccc(Cl)c(Cl)c1. The average Bonchev–Trinajstić information content (AvgIpc) is 3.01. The van der Waals surface area contributed by atoms with Crippen LogP contribution in [-0.2, 0) is 9.59 Å². The highest BCUT2D eigenvalue weighted by Gasteiger charge is 2.47. The van der Waals surface area contributed by atoms with E-state index in [0.29, 0.717) is 16.3 Å². The lowest BCUT2D eigenvalue weighted by Gasteiger charge is -2.27. The van der Waals surface area contributed by atoms with Gasteiger partial charge in [-0.15, -0.1) is 0 Å². The summed E-state index contributed by atoms with van der Waals surface area (Å²) in [5.74, 6) is -1.71. The van der Waals surface area contributed by atoms with Gasteiger partial charge in [0.25, 0.3) is 11.7 Å². The normalized spacial score (nSPS) is 18.1. The zero-order valence-electron chi connectivity index (χ0n) is 16.0. The predicted molar refractivity (Wildman–Crippen MR) is 119 cm³/mol. The van der Waals surface area contributed by atoms with Gasteiger partial charge in [-0.3, -0.25) is 14.5 Å². The van der Waals surface area contributed by atoms with E-state index >= 15 is 0 Å². The Balaban J connectivity index is 1.99. The minimum atomic E-state index is -0.802. The molecule has 0 bridgehead atoms. The number of Topliss-reactive ketones (excluding diaryl/α,β-unsaturated/α-hetero) is 1. The van der Waals surface area contributed by atoms with Crippen LogP contribution in [0.2, 0.25) is 10.0 Å². The molecule has 4 rings (SSSR count). The maximum atomic E-state index is 13.1. The second kappa shape index (κ2) is 7.98. The molecule has 0 radical (unpaired) electrons. The molecule has 1 aliphatic rings. The van der Waals surface area contributed by atoms with Crippen LogP contribution < -0.4 is 4.90 Å². The monoisotopic (exact) mass is 437 g/mol. The first-order chi connectivity index (χ1) is 14.4. The summed E-state index contributed by atoms with van der Waals surface area (Å²) in [5, 5.41) is 11.6. The van der Waals surface area contributed by atoms with E-state index in [-0.39, 0.29) is 16.4 Å². The van der Waals surface area contributed by atoms with Crippen molar-refractivity contribution in [2.45, 2.75) is 13.0 Å².